The largest absolute Gasteiger partial charge is 0.375 e. The fourth-order valence-electron chi connectivity index (χ4n) is 0.897. The van der Waals surface area contributed by atoms with Crippen LogP contribution in [-0.2, 0) is 11.3 Å². The van der Waals surface area contributed by atoms with Gasteiger partial charge in [0.15, 0.2) is 0 Å². The zero-order chi connectivity index (χ0) is 9.52. The molecule has 1 heterocycles. The molecule has 0 aromatic carbocycles. The van der Waals surface area contributed by atoms with Crippen LogP contribution in [0, 0.1) is 11.3 Å². The highest BCUT2D eigenvalue weighted by Gasteiger charge is 1.94. The molecule has 0 N–H and O–H groups in total. The summed E-state index contributed by atoms with van der Waals surface area (Å²) in [7, 11) is 0. The van der Waals surface area contributed by atoms with Crippen molar-refractivity contribution < 1.29 is 4.74 Å². The molecule has 0 aliphatic carbocycles. The standard InChI is InChI=1S/C10H12N2O/c1-2-5-13-8-10-4-3-9(6-11)7-12-10/h3-4,7H,2,5,8H2,1H3. The van der Waals surface area contributed by atoms with E-state index in [1.165, 1.54) is 0 Å². The van der Waals surface area contributed by atoms with Gasteiger partial charge in [-0.15, -0.1) is 0 Å². The molecule has 0 amide bonds. The van der Waals surface area contributed by atoms with Gasteiger partial charge in [-0.05, 0) is 18.6 Å². The summed E-state index contributed by atoms with van der Waals surface area (Å²) >= 11 is 0. The van der Waals surface area contributed by atoms with Gasteiger partial charge in [-0.2, -0.15) is 5.26 Å². The Hall–Kier alpha value is -1.40. The Morgan fingerprint density at radius 1 is 1.54 bits per heavy atom. The first-order valence-electron chi connectivity index (χ1n) is 4.29. The van der Waals surface area contributed by atoms with Gasteiger partial charge in [-0.3, -0.25) is 4.98 Å². The number of rotatable bonds is 4. The van der Waals surface area contributed by atoms with Crippen molar-refractivity contribution >= 4 is 0 Å². The molecule has 13 heavy (non-hydrogen) atoms. The summed E-state index contributed by atoms with van der Waals surface area (Å²) in [6.07, 6.45) is 2.57. The zero-order valence-electron chi connectivity index (χ0n) is 7.66. The topological polar surface area (TPSA) is 45.9 Å². The Morgan fingerprint density at radius 2 is 2.38 bits per heavy atom. The predicted molar refractivity (Wildman–Crippen MR) is 48.9 cm³/mol. The van der Waals surface area contributed by atoms with E-state index in [2.05, 4.69) is 11.9 Å². The number of hydrogen-bond acceptors (Lipinski definition) is 3. The highest BCUT2D eigenvalue weighted by molar-refractivity contribution is 5.26. The zero-order valence-corrected chi connectivity index (χ0v) is 7.66. The number of hydrogen-bond donors (Lipinski definition) is 0. The monoisotopic (exact) mass is 176 g/mol. The van der Waals surface area contributed by atoms with Crippen LogP contribution in [0.1, 0.15) is 24.6 Å². The second kappa shape index (κ2) is 5.28. The van der Waals surface area contributed by atoms with Crippen LogP contribution in [-0.4, -0.2) is 11.6 Å². The van der Waals surface area contributed by atoms with Gasteiger partial charge >= 0.3 is 0 Å². The Kier molecular flexibility index (Phi) is 3.94. The van der Waals surface area contributed by atoms with E-state index in [0.29, 0.717) is 12.2 Å². The first-order valence-corrected chi connectivity index (χ1v) is 4.29. The molecular weight excluding hydrogens is 164 g/mol. The van der Waals surface area contributed by atoms with E-state index in [9.17, 15) is 0 Å². The molecule has 1 rings (SSSR count). The molecule has 68 valence electrons. The quantitative estimate of drug-likeness (QED) is 0.658. The first-order chi connectivity index (χ1) is 6.36. The lowest BCUT2D eigenvalue weighted by Gasteiger charge is -2.00. The van der Waals surface area contributed by atoms with Crippen molar-refractivity contribution in [2.24, 2.45) is 0 Å². The maximum Gasteiger partial charge on any atom is 0.101 e. The van der Waals surface area contributed by atoms with E-state index in [4.69, 9.17) is 10.00 Å². The molecule has 0 radical (unpaired) electrons. The Labute approximate surface area is 78.0 Å². The third kappa shape index (κ3) is 3.22. The summed E-state index contributed by atoms with van der Waals surface area (Å²) in [5.41, 5.74) is 1.45. The lowest BCUT2D eigenvalue weighted by atomic mass is 10.3. The fraction of sp³-hybridized carbons (Fsp3) is 0.400. The Morgan fingerprint density at radius 3 is 2.92 bits per heavy atom. The number of pyridine rings is 1. The molecular formula is C10H12N2O. The summed E-state index contributed by atoms with van der Waals surface area (Å²) in [6.45, 7) is 3.34. The second-order valence-electron chi connectivity index (χ2n) is 2.70. The minimum absolute atomic E-state index is 0.527. The molecule has 0 saturated heterocycles. The maximum absolute atomic E-state index is 8.52. The Bertz CT molecular complexity index is 287. The third-order valence-corrected chi connectivity index (χ3v) is 1.55. The summed E-state index contributed by atoms with van der Waals surface area (Å²) in [4.78, 5) is 4.07. The van der Waals surface area contributed by atoms with Crippen LogP contribution in [0.5, 0.6) is 0 Å². The number of nitriles is 1. The molecule has 3 heteroatoms. The van der Waals surface area contributed by atoms with Crippen LogP contribution in [0.2, 0.25) is 0 Å². The van der Waals surface area contributed by atoms with Crippen LogP contribution in [0.25, 0.3) is 0 Å². The van der Waals surface area contributed by atoms with E-state index < -0.39 is 0 Å². The van der Waals surface area contributed by atoms with E-state index in [0.717, 1.165) is 18.7 Å². The van der Waals surface area contributed by atoms with Crippen molar-refractivity contribution in [3.8, 4) is 6.07 Å². The molecule has 0 bridgehead atoms. The average molecular weight is 176 g/mol. The minimum atomic E-state index is 0.527. The molecule has 1 aromatic rings. The maximum atomic E-state index is 8.52. The van der Waals surface area contributed by atoms with Crippen LogP contribution < -0.4 is 0 Å². The molecule has 0 saturated carbocycles. The number of nitrogens with zero attached hydrogens (tertiary/aromatic N) is 2. The summed E-state index contributed by atoms with van der Waals surface area (Å²) in [5, 5.41) is 8.52. The van der Waals surface area contributed by atoms with Crippen molar-refractivity contribution in [2.45, 2.75) is 20.0 Å². The predicted octanol–water partition coefficient (Wildman–Crippen LogP) is 1.88. The van der Waals surface area contributed by atoms with Gasteiger partial charge in [0.1, 0.15) is 6.07 Å². The fourth-order valence-corrected chi connectivity index (χ4v) is 0.897. The van der Waals surface area contributed by atoms with Gasteiger partial charge in [0.2, 0.25) is 0 Å². The average Bonchev–Trinajstić information content (AvgIpc) is 2.19. The molecule has 0 atom stereocenters. The molecule has 0 fully saturated rings. The summed E-state index contributed by atoms with van der Waals surface area (Å²) in [6, 6.07) is 5.58. The lowest BCUT2D eigenvalue weighted by molar-refractivity contribution is 0.119. The van der Waals surface area contributed by atoms with E-state index in [1.807, 2.05) is 12.1 Å². The van der Waals surface area contributed by atoms with Gasteiger partial charge in [0, 0.05) is 12.8 Å². The molecule has 0 aliphatic heterocycles. The molecule has 0 unspecified atom stereocenters. The smallest absolute Gasteiger partial charge is 0.101 e. The molecule has 0 spiro atoms. The summed E-state index contributed by atoms with van der Waals surface area (Å²) in [5.74, 6) is 0. The first kappa shape index (κ1) is 9.69. The highest BCUT2D eigenvalue weighted by atomic mass is 16.5. The van der Waals surface area contributed by atoms with Crippen molar-refractivity contribution in [1.82, 2.24) is 4.98 Å². The van der Waals surface area contributed by atoms with Crippen molar-refractivity contribution in [2.75, 3.05) is 6.61 Å². The van der Waals surface area contributed by atoms with Crippen LogP contribution in [0.15, 0.2) is 18.3 Å². The normalized spacial score (nSPS) is 9.54. The Balaban J connectivity index is 2.46. The van der Waals surface area contributed by atoms with E-state index >= 15 is 0 Å². The molecule has 0 aliphatic rings. The van der Waals surface area contributed by atoms with Crippen LogP contribution in [0.4, 0.5) is 0 Å². The molecule has 3 nitrogen and oxygen atoms in total. The molecule has 1 aromatic heterocycles. The second-order valence-corrected chi connectivity index (χ2v) is 2.70. The SMILES string of the molecule is CCCOCc1ccc(C#N)cn1. The number of aromatic nitrogens is 1. The van der Waals surface area contributed by atoms with Crippen molar-refractivity contribution in [1.29, 1.82) is 5.26 Å². The van der Waals surface area contributed by atoms with Crippen LogP contribution in [0.3, 0.4) is 0 Å². The summed E-state index contributed by atoms with van der Waals surface area (Å²) < 4.78 is 5.30. The van der Waals surface area contributed by atoms with Gasteiger partial charge in [0.25, 0.3) is 0 Å². The minimum Gasteiger partial charge on any atom is -0.375 e. The van der Waals surface area contributed by atoms with Gasteiger partial charge in [-0.1, -0.05) is 6.92 Å². The third-order valence-electron chi connectivity index (χ3n) is 1.55. The highest BCUT2D eigenvalue weighted by Crippen LogP contribution is 2.00. The van der Waals surface area contributed by atoms with E-state index in [-0.39, 0.29) is 0 Å². The van der Waals surface area contributed by atoms with Gasteiger partial charge < -0.3 is 4.74 Å². The van der Waals surface area contributed by atoms with Crippen molar-refractivity contribution in [3.05, 3.63) is 29.6 Å². The van der Waals surface area contributed by atoms with Crippen molar-refractivity contribution in [3.63, 3.8) is 0 Å². The number of ether oxygens (including phenoxy) is 1. The lowest BCUT2D eigenvalue weighted by Crippen LogP contribution is -1.96. The van der Waals surface area contributed by atoms with Gasteiger partial charge in [0.05, 0.1) is 17.9 Å². The van der Waals surface area contributed by atoms with E-state index in [1.54, 1.807) is 12.3 Å². The van der Waals surface area contributed by atoms with Crippen LogP contribution >= 0.6 is 0 Å². The van der Waals surface area contributed by atoms with Gasteiger partial charge in [-0.25, -0.2) is 0 Å².